The molecular weight excluding hydrogens is 362 g/mol. The lowest BCUT2D eigenvalue weighted by atomic mass is 9.95. The van der Waals surface area contributed by atoms with Crippen LogP contribution >= 0.6 is 0 Å². The van der Waals surface area contributed by atoms with Crippen molar-refractivity contribution in [2.24, 2.45) is 11.8 Å². The SMILES string of the molecule is CC1CCN(C(=O)c2ccc3cc(OCCCC4CCCNC4)ccc3n2)CC1. The summed E-state index contributed by atoms with van der Waals surface area (Å²) in [5.74, 6) is 2.44. The molecule has 1 aromatic carbocycles. The van der Waals surface area contributed by atoms with E-state index in [-0.39, 0.29) is 5.91 Å². The summed E-state index contributed by atoms with van der Waals surface area (Å²) in [4.78, 5) is 19.3. The maximum absolute atomic E-state index is 12.8. The third-order valence-corrected chi connectivity index (χ3v) is 6.38. The summed E-state index contributed by atoms with van der Waals surface area (Å²) in [7, 11) is 0. The van der Waals surface area contributed by atoms with Gasteiger partial charge in [-0.15, -0.1) is 0 Å². The number of hydrogen-bond donors (Lipinski definition) is 1. The first-order chi connectivity index (χ1) is 14.2. The highest BCUT2D eigenvalue weighted by atomic mass is 16.5. The molecule has 2 saturated heterocycles. The molecule has 2 aromatic rings. The maximum Gasteiger partial charge on any atom is 0.272 e. The van der Waals surface area contributed by atoms with Gasteiger partial charge in [-0.1, -0.05) is 13.0 Å². The fourth-order valence-corrected chi connectivity index (χ4v) is 4.42. The lowest BCUT2D eigenvalue weighted by Crippen LogP contribution is -2.38. The van der Waals surface area contributed by atoms with Crippen molar-refractivity contribution in [2.75, 3.05) is 32.8 Å². The second-order valence-corrected chi connectivity index (χ2v) is 8.73. The standard InChI is InChI=1S/C24H33N3O2/c1-18-10-13-27(14-11-18)24(28)23-8-6-20-16-21(7-9-22(20)26-23)29-15-3-5-19-4-2-12-25-17-19/h6-9,16,18-19,25H,2-5,10-15,17H2,1H3. The van der Waals surface area contributed by atoms with Crippen LogP contribution in [0.15, 0.2) is 30.3 Å². The molecule has 29 heavy (non-hydrogen) atoms. The summed E-state index contributed by atoms with van der Waals surface area (Å²) in [6.07, 6.45) is 7.11. The van der Waals surface area contributed by atoms with Crippen molar-refractivity contribution in [3.63, 3.8) is 0 Å². The molecule has 2 aliphatic heterocycles. The predicted octanol–water partition coefficient (Wildman–Crippen LogP) is 4.27. The number of fused-ring (bicyclic) bond motifs is 1. The van der Waals surface area contributed by atoms with E-state index >= 15 is 0 Å². The van der Waals surface area contributed by atoms with Crippen molar-refractivity contribution in [3.8, 4) is 5.75 Å². The Kier molecular flexibility index (Phi) is 6.65. The Labute approximate surface area is 173 Å². The van der Waals surface area contributed by atoms with Gasteiger partial charge in [0.05, 0.1) is 12.1 Å². The van der Waals surface area contributed by atoms with Crippen LogP contribution in [0.4, 0.5) is 0 Å². The zero-order valence-corrected chi connectivity index (χ0v) is 17.5. The third-order valence-electron chi connectivity index (χ3n) is 6.38. The van der Waals surface area contributed by atoms with Crippen LogP contribution in [0.3, 0.4) is 0 Å². The molecule has 1 unspecified atom stereocenters. The number of carbonyl (C=O) groups excluding carboxylic acids is 1. The first-order valence-electron chi connectivity index (χ1n) is 11.2. The number of benzene rings is 1. The van der Waals surface area contributed by atoms with Crippen LogP contribution in [-0.2, 0) is 0 Å². The minimum absolute atomic E-state index is 0.0522. The number of pyridine rings is 1. The van der Waals surface area contributed by atoms with Crippen LogP contribution in [0.25, 0.3) is 10.9 Å². The normalized spacial score (nSPS) is 20.7. The molecule has 2 fully saturated rings. The van der Waals surface area contributed by atoms with E-state index in [4.69, 9.17) is 4.74 Å². The number of carbonyl (C=O) groups is 1. The number of ether oxygens (including phenoxy) is 1. The second kappa shape index (κ2) is 9.57. The number of amides is 1. The van der Waals surface area contributed by atoms with E-state index in [2.05, 4.69) is 17.2 Å². The molecule has 156 valence electrons. The molecule has 0 radical (unpaired) electrons. The Hall–Kier alpha value is -2.14. The molecule has 0 bridgehead atoms. The smallest absolute Gasteiger partial charge is 0.272 e. The maximum atomic E-state index is 12.8. The average Bonchev–Trinajstić information content (AvgIpc) is 2.77. The van der Waals surface area contributed by atoms with Crippen molar-refractivity contribution in [2.45, 2.75) is 45.4 Å². The predicted molar refractivity (Wildman–Crippen MR) is 116 cm³/mol. The number of rotatable bonds is 6. The Morgan fingerprint density at radius 3 is 2.86 bits per heavy atom. The van der Waals surface area contributed by atoms with Crippen LogP contribution in [0.2, 0.25) is 0 Å². The number of piperidine rings is 2. The van der Waals surface area contributed by atoms with Gasteiger partial charge in [0.2, 0.25) is 0 Å². The molecule has 4 rings (SSSR count). The number of hydrogen-bond acceptors (Lipinski definition) is 4. The summed E-state index contributed by atoms with van der Waals surface area (Å²) < 4.78 is 5.96. The van der Waals surface area contributed by atoms with Gasteiger partial charge < -0.3 is 15.0 Å². The Balaban J connectivity index is 1.32. The van der Waals surface area contributed by atoms with Crippen molar-refractivity contribution >= 4 is 16.8 Å². The zero-order chi connectivity index (χ0) is 20.1. The van der Waals surface area contributed by atoms with E-state index in [9.17, 15) is 4.79 Å². The fraction of sp³-hybridized carbons (Fsp3) is 0.583. The number of aromatic nitrogens is 1. The van der Waals surface area contributed by atoms with Crippen molar-refractivity contribution in [1.29, 1.82) is 0 Å². The number of nitrogens with zero attached hydrogens (tertiary/aromatic N) is 2. The highest BCUT2D eigenvalue weighted by molar-refractivity contribution is 5.95. The molecule has 3 heterocycles. The van der Waals surface area contributed by atoms with Gasteiger partial charge in [0.15, 0.2) is 0 Å². The summed E-state index contributed by atoms with van der Waals surface area (Å²) in [6, 6.07) is 9.80. The van der Waals surface area contributed by atoms with Crippen LogP contribution in [-0.4, -0.2) is 48.6 Å². The van der Waals surface area contributed by atoms with Crippen LogP contribution in [0, 0.1) is 11.8 Å². The van der Waals surface area contributed by atoms with Gasteiger partial charge in [-0.3, -0.25) is 4.79 Å². The molecule has 5 nitrogen and oxygen atoms in total. The molecule has 0 saturated carbocycles. The lowest BCUT2D eigenvalue weighted by molar-refractivity contribution is 0.0691. The molecular formula is C24H33N3O2. The Morgan fingerprint density at radius 1 is 1.21 bits per heavy atom. The monoisotopic (exact) mass is 395 g/mol. The van der Waals surface area contributed by atoms with E-state index in [0.717, 1.165) is 68.1 Å². The van der Waals surface area contributed by atoms with E-state index < -0.39 is 0 Å². The third kappa shape index (κ3) is 5.27. The number of likely N-dealkylation sites (tertiary alicyclic amines) is 1. The van der Waals surface area contributed by atoms with Gasteiger partial charge in [-0.25, -0.2) is 4.98 Å². The molecule has 0 aliphatic carbocycles. The van der Waals surface area contributed by atoms with Gasteiger partial charge in [0, 0.05) is 18.5 Å². The summed E-state index contributed by atoms with van der Waals surface area (Å²) in [5, 5.41) is 4.49. The van der Waals surface area contributed by atoms with Gasteiger partial charge >= 0.3 is 0 Å². The fourth-order valence-electron chi connectivity index (χ4n) is 4.42. The molecule has 0 spiro atoms. The van der Waals surface area contributed by atoms with Gasteiger partial charge in [-0.05, 0) is 87.7 Å². The highest BCUT2D eigenvalue weighted by Crippen LogP contribution is 2.23. The van der Waals surface area contributed by atoms with Gasteiger partial charge in [-0.2, -0.15) is 0 Å². The van der Waals surface area contributed by atoms with Crippen LogP contribution < -0.4 is 10.1 Å². The van der Waals surface area contributed by atoms with E-state index in [0.29, 0.717) is 11.6 Å². The first-order valence-corrected chi connectivity index (χ1v) is 11.2. The highest BCUT2D eigenvalue weighted by Gasteiger charge is 2.22. The van der Waals surface area contributed by atoms with Crippen molar-refractivity contribution in [3.05, 3.63) is 36.0 Å². The Bertz CT molecular complexity index is 824. The Morgan fingerprint density at radius 2 is 2.07 bits per heavy atom. The summed E-state index contributed by atoms with van der Waals surface area (Å²) in [5.41, 5.74) is 1.39. The minimum atomic E-state index is 0.0522. The average molecular weight is 396 g/mol. The topological polar surface area (TPSA) is 54.5 Å². The van der Waals surface area contributed by atoms with E-state index in [1.807, 2.05) is 35.2 Å². The van der Waals surface area contributed by atoms with Crippen molar-refractivity contribution < 1.29 is 9.53 Å². The zero-order valence-electron chi connectivity index (χ0n) is 17.5. The molecule has 1 aromatic heterocycles. The summed E-state index contributed by atoms with van der Waals surface area (Å²) in [6.45, 7) is 7.00. The second-order valence-electron chi connectivity index (χ2n) is 8.73. The minimum Gasteiger partial charge on any atom is -0.494 e. The van der Waals surface area contributed by atoms with Crippen molar-refractivity contribution in [1.82, 2.24) is 15.2 Å². The quantitative estimate of drug-likeness (QED) is 0.743. The lowest BCUT2D eigenvalue weighted by Gasteiger charge is -2.30. The van der Waals surface area contributed by atoms with Gasteiger partial charge in [0.1, 0.15) is 11.4 Å². The van der Waals surface area contributed by atoms with Crippen LogP contribution in [0.5, 0.6) is 5.75 Å². The molecule has 1 atom stereocenters. The van der Waals surface area contributed by atoms with Gasteiger partial charge in [0.25, 0.3) is 5.91 Å². The van der Waals surface area contributed by atoms with Crippen LogP contribution in [0.1, 0.15) is 55.9 Å². The van der Waals surface area contributed by atoms with E-state index in [1.54, 1.807) is 0 Å². The molecule has 1 N–H and O–H groups in total. The summed E-state index contributed by atoms with van der Waals surface area (Å²) >= 11 is 0. The largest absolute Gasteiger partial charge is 0.494 e. The molecule has 5 heteroatoms. The molecule has 1 amide bonds. The van der Waals surface area contributed by atoms with E-state index in [1.165, 1.54) is 25.8 Å². The number of nitrogens with one attached hydrogen (secondary N) is 1. The molecule has 2 aliphatic rings. The first kappa shape index (κ1) is 20.1.